The minimum absolute atomic E-state index is 0.0223. The van der Waals surface area contributed by atoms with Gasteiger partial charge in [0.05, 0.1) is 0 Å². The van der Waals surface area contributed by atoms with Crippen LogP contribution in [0.1, 0.15) is 40.3 Å². The molecule has 0 atom stereocenters. The van der Waals surface area contributed by atoms with Crippen LogP contribution in [0.3, 0.4) is 0 Å². The normalized spacial score (nSPS) is 13.1. The summed E-state index contributed by atoms with van der Waals surface area (Å²) in [6.45, 7) is 4.43. The van der Waals surface area contributed by atoms with Crippen LogP contribution >= 0.6 is 0 Å². The van der Waals surface area contributed by atoms with Gasteiger partial charge in [-0.2, -0.15) is 0 Å². The first-order valence-corrected chi connectivity index (χ1v) is 7.73. The van der Waals surface area contributed by atoms with Crippen LogP contribution < -0.4 is 10.2 Å². The van der Waals surface area contributed by atoms with Crippen LogP contribution in [-0.2, 0) is 6.42 Å². The van der Waals surface area contributed by atoms with Crippen LogP contribution in [0.4, 0.5) is 5.69 Å². The molecule has 0 saturated carbocycles. The average Bonchev–Trinajstić information content (AvgIpc) is 2.97. The summed E-state index contributed by atoms with van der Waals surface area (Å²) >= 11 is 0. The zero-order chi connectivity index (χ0) is 16.4. The van der Waals surface area contributed by atoms with Crippen LogP contribution in [0.25, 0.3) is 0 Å². The van der Waals surface area contributed by atoms with Crippen molar-refractivity contribution < 1.29 is 9.59 Å². The lowest BCUT2D eigenvalue weighted by Gasteiger charge is -2.17. The number of hydrogen-bond acceptors (Lipinski definition) is 3. The molecular formula is C18H19N3O2. The molecule has 5 heteroatoms. The fraction of sp³-hybridized carbons (Fsp3) is 0.278. The van der Waals surface area contributed by atoms with Gasteiger partial charge in [0.15, 0.2) is 0 Å². The molecule has 1 aromatic heterocycles. The highest BCUT2D eigenvalue weighted by Gasteiger charge is 2.25. The lowest BCUT2D eigenvalue weighted by Crippen LogP contribution is -2.32. The minimum atomic E-state index is -0.267. The third kappa shape index (κ3) is 3.08. The van der Waals surface area contributed by atoms with Crippen molar-refractivity contribution in [2.45, 2.75) is 26.3 Å². The van der Waals surface area contributed by atoms with E-state index in [2.05, 4.69) is 10.3 Å². The van der Waals surface area contributed by atoms with E-state index < -0.39 is 0 Å². The number of carbonyl (C=O) groups is 2. The summed E-state index contributed by atoms with van der Waals surface area (Å²) in [5.41, 5.74) is 2.86. The SMILES string of the molecule is CC(C)NC(=O)c1cc(C(=O)N2CCc3ccccc32)ccn1. The Balaban J connectivity index is 1.85. The summed E-state index contributed by atoms with van der Waals surface area (Å²) in [7, 11) is 0. The molecule has 1 aliphatic rings. The lowest BCUT2D eigenvalue weighted by molar-refractivity contribution is 0.0938. The molecule has 5 nitrogen and oxygen atoms in total. The van der Waals surface area contributed by atoms with Crippen molar-refractivity contribution in [1.29, 1.82) is 0 Å². The first kappa shape index (κ1) is 15.2. The van der Waals surface area contributed by atoms with Crippen molar-refractivity contribution in [3.8, 4) is 0 Å². The van der Waals surface area contributed by atoms with E-state index in [1.807, 2.05) is 38.1 Å². The van der Waals surface area contributed by atoms with Gasteiger partial charge in [-0.1, -0.05) is 18.2 Å². The van der Waals surface area contributed by atoms with E-state index in [1.165, 1.54) is 11.8 Å². The Labute approximate surface area is 135 Å². The van der Waals surface area contributed by atoms with Crippen molar-refractivity contribution >= 4 is 17.5 Å². The number of hydrogen-bond donors (Lipinski definition) is 1. The summed E-state index contributed by atoms with van der Waals surface area (Å²) < 4.78 is 0. The maximum Gasteiger partial charge on any atom is 0.270 e. The highest BCUT2D eigenvalue weighted by Crippen LogP contribution is 2.28. The van der Waals surface area contributed by atoms with Gasteiger partial charge in [-0.25, -0.2) is 0 Å². The fourth-order valence-corrected chi connectivity index (χ4v) is 2.73. The lowest BCUT2D eigenvalue weighted by atomic mass is 10.1. The van der Waals surface area contributed by atoms with Crippen LogP contribution in [0.15, 0.2) is 42.6 Å². The predicted octanol–water partition coefficient (Wildman–Crippen LogP) is 2.42. The molecular weight excluding hydrogens is 290 g/mol. The quantitative estimate of drug-likeness (QED) is 0.947. The Hall–Kier alpha value is -2.69. The van der Waals surface area contributed by atoms with Gasteiger partial charge in [0.2, 0.25) is 0 Å². The standard InChI is InChI=1S/C18H19N3O2/c1-12(2)20-17(22)15-11-14(7-9-19-15)18(23)21-10-8-13-5-3-4-6-16(13)21/h3-7,9,11-12H,8,10H2,1-2H3,(H,20,22). The Morgan fingerprint density at radius 2 is 2.00 bits per heavy atom. The number of benzene rings is 1. The zero-order valence-corrected chi connectivity index (χ0v) is 13.2. The Kier molecular flexibility index (Phi) is 4.10. The number of fused-ring (bicyclic) bond motifs is 1. The monoisotopic (exact) mass is 309 g/mol. The summed E-state index contributed by atoms with van der Waals surface area (Å²) in [6.07, 6.45) is 2.36. The van der Waals surface area contributed by atoms with E-state index >= 15 is 0 Å². The number of aromatic nitrogens is 1. The van der Waals surface area contributed by atoms with E-state index in [-0.39, 0.29) is 23.6 Å². The number of nitrogens with zero attached hydrogens (tertiary/aromatic N) is 2. The van der Waals surface area contributed by atoms with Crippen molar-refractivity contribution in [2.75, 3.05) is 11.4 Å². The van der Waals surface area contributed by atoms with Crippen molar-refractivity contribution in [1.82, 2.24) is 10.3 Å². The second-order valence-electron chi connectivity index (χ2n) is 5.89. The van der Waals surface area contributed by atoms with Crippen molar-refractivity contribution in [3.63, 3.8) is 0 Å². The van der Waals surface area contributed by atoms with Gasteiger partial charge in [-0.3, -0.25) is 14.6 Å². The summed E-state index contributed by atoms with van der Waals surface area (Å²) in [5, 5.41) is 2.78. The van der Waals surface area contributed by atoms with Crippen LogP contribution in [-0.4, -0.2) is 29.4 Å². The third-order valence-corrected chi connectivity index (χ3v) is 3.79. The van der Waals surface area contributed by atoms with Gasteiger partial charge in [-0.05, 0) is 44.0 Å². The Bertz CT molecular complexity index is 755. The minimum Gasteiger partial charge on any atom is -0.349 e. The van der Waals surface area contributed by atoms with Crippen LogP contribution in [0, 0.1) is 0 Å². The molecule has 1 aromatic carbocycles. The average molecular weight is 309 g/mol. The topological polar surface area (TPSA) is 62.3 Å². The molecule has 0 radical (unpaired) electrons. The number of amides is 2. The van der Waals surface area contributed by atoms with Gasteiger partial charge >= 0.3 is 0 Å². The molecule has 2 aromatic rings. The molecule has 0 bridgehead atoms. The van der Waals surface area contributed by atoms with Crippen LogP contribution in [0.2, 0.25) is 0 Å². The zero-order valence-electron chi connectivity index (χ0n) is 13.2. The summed E-state index contributed by atoms with van der Waals surface area (Å²) in [6, 6.07) is 11.1. The van der Waals surface area contributed by atoms with Crippen LogP contribution in [0.5, 0.6) is 0 Å². The first-order chi connectivity index (χ1) is 11.1. The Morgan fingerprint density at radius 3 is 2.78 bits per heavy atom. The first-order valence-electron chi connectivity index (χ1n) is 7.73. The number of carbonyl (C=O) groups excluding carboxylic acids is 2. The van der Waals surface area contributed by atoms with Gasteiger partial charge in [0.25, 0.3) is 11.8 Å². The maximum atomic E-state index is 12.8. The van der Waals surface area contributed by atoms with E-state index in [0.29, 0.717) is 12.1 Å². The molecule has 1 N–H and O–H groups in total. The van der Waals surface area contributed by atoms with E-state index in [9.17, 15) is 9.59 Å². The van der Waals surface area contributed by atoms with E-state index in [0.717, 1.165) is 12.1 Å². The molecule has 0 unspecified atom stereocenters. The summed E-state index contributed by atoms with van der Waals surface area (Å²) in [5.74, 6) is -0.368. The molecule has 2 amide bonds. The van der Waals surface area contributed by atoms with Gasteiger partial charge in [-0.15, -0.1) is 0 Å². The van der Waals surface area contributed by atoms with Gasteiger partial charge in [0.1, 0.15) is 5.69 Å². The predicted molar refractivity (Wildman–Crippen MR) is 88.7 cm³/mol. The second kappa shape index (κ2) is 6.20. The van der Waals surface area contributed by atoms with E-state index in [4.69, 9.17) is 0 Å². The van der Waals surface area contributed by atoms with Crippen molar-refractivity contribution in [3.05, 3.63) is 59.4 Å². The molecule has 2 heterocycles. The second-order valence-corrected chi connectivity index (χ2v) is 5.89. The Morgan fingerprint density at radius 1 is 1.22 bits per heavy atom. The van der Waals surface area contributed by atoms with Gasteiger partial charge in [0, 0.05) is 30.0 Å². The number of pyridine rings is 1. The number of rotatable bonds is 3. The number of anilines is 1. The smallest absolute Gasteiger partial charge is 0.270 e. The largest absolute Gasteiger partial charge is 0.349 e. The third-order valence-electron chi connectivity index (χ3n) is 3.79. The van der Waals surface area contributed by atoms with E-state index in [1.54, 1.807) is 17.0 Å². The molecule has 0 saturated heterocycles. The summed E-state index contributed by atoms with van der Waals surface area (Å²) in [4.78, 5) is 30.6. The van der Waals surface area contributed by atoms with Gasteiger partial charge < -0.3 is 10.2 Å². The molecule has 0 fully saturated rings. The molecule has 23 heavy (non-hydrogen) atoms. The molecule has 1 aliphatic heterocycles. The highest BCUT2D eigenvalue weighted by atomic mass is 16.2. The maximum absolute atomic E-state index is 12.8. The molecule has 0 spiro atoms. The molecule has 3 rings (SSSR count). The number of nitrogens with one attached hydrogen (secondary N) is 1. The highest BCUT2D eigenvalue weighted by molar-refractivity contribution is 6.08. The molecule has 0 aliphatic carbocycles. The van der Waals surface area contributed by atoms with Crippen molar-refractivity contribution in [2.24, 2.45) is 0 Å². The number of para-hydroxylation sites is 1. The fourth-order valence-electron chi connectivity index (χ4n) is 2.73. The molecule has 118 valence electrons.